The van der Waals surface area contributed by atoms with Crippen LogP contribution < -0.4 is 15.0 Å². The Bertz CT molecular complexity index is 1060. The molecule has 1 aliphatic rings. The molecule has 0 aromatic heterocycles. The number of carbonyl (C=O) groups excluding carboxylic acids is 1. The van der Waals surface area contributed by atoms with Gasteiger partial charge in [0.25, 0.3) is 5.91 Å². The number of rotatable bonds is 9. The maximum Gasteiger partial charge on any atom is 0.258 e. The van der Waals surface area contributed by atoms with E-state index in [1.54, 1.807) is 17.0 Å². The topological polar surface area (TPSA) is 68.6 Å². The molecule has 3 rings (SSSR count). The molecule has 8 heteroatoms. The van der Waals surface area contributed by atoms with Gasteiger partial charge in [-0.2, -0.15) is 5.26 Å². The summed E-state index contributed by atoms with van der Waals surface area (Å²) < 4.78 is 6.70. The maximum absolute atomic E-state index is 13.2. The molecule has 6 nitrogen and oxygen atoms in total. The molecule has 0 aliphatic carbocycles. The molecule has 2 aromatic carbocycles. The lowest BCUT2D eigenvalue weighted by Crippen LogP contribution is -2.44. The Morgan fingerprint density at radius 2 is 1.91 bits per heavy atom. The molecule has 0 bridgehead atoms. The number of thiocarbonyl (C=S) groups is 1. The van der Waals surface area contributed by atoms with Gasteiger partial charge in [-0.25, -0.2) is 0 Å². The van der Waals surface area contributed by atoms with E-state index < -0.39 is 5.54 Å². The highest BCUT2D eigenvalue weighted by Gasteiger charge is 2.49. The second-order valence-corrected chi connectivity index (χ2v) is 10.3. The number of amides is 1. The van der Waals surface area contributed by atoms with Gasteiger partial charge < -0.3 is 15.0 Å². The van der Waals surface area contributed by atoms with E-state index >= 15 is 0 Å². The Hall–Kier alpha value is -2.22. The predicted molar refractivity (Wildman–Crippen MR) is 143 cm³/mol. The van der Waals surface area contributed by atoms with Crippen molar-refractivity contribution in [3.05, 3.63) is 57.2 Å². The molecule has 0 unspecified atom stereocenters. The number of carbonyl (C=O) groups is 1. The van der Waals surface area contributed by atoms with Gasteiger partial charge in [-0.15, -0.1) is 0 Å². The minimum absolute atomic E-state index is 0.0699. The highest BCUT2D eigenvalue weighted by molar-refractivity contribution is 14.1. The molecule has 0 radical (unpaired) electrons. The van der Waals surface area contributed by atoms with E-state index in [1.165, 1.54) is 5.56 Å². The smallest absolute Gasteiger partial charge is 0.258 e. The van der Waals surface area contributed by atoms with Crippen LogP contribution in [0.5, 0.6) is 5.75 Å². The molecule has 1 fully saturated rings. The summed E-state index contributed by atoms with van der Waals surface area (Å²) in [6, 6.07) is 16.0. The Labute approximate surface area is 215 Å². The lowest BCUT2D eigenvalue weighted by Gasteiger charge is -2.29. The molecule has 174 valence electrons. The first kappa shape index (κ1) is 25.4. The van der Waals surface area contributed by atoms with Gasteiger partial charge in [-0.3, -0.25) is 9.69 Å². The van der Waals surface area contributed by atoms with Crippen molar-refractivity contribution in [3.63, 3.8) is 0 Å². The Morgan fingerprint density at radius 3 is 2.52 bits per heavy atom. The van der Waals surface area contributed by atoms with Gasteiger partial charge in [0.15, 0.2) is 5.11 Å². The maximum atomic E-state index is 13.2. The Balaban J connectivity index is 1.58. The van der Waals surface area contributed by atoms with Crippen molar-refractivity contribution in [3.8, 4) is 11.8 Å². The van der Waals surface area contributed by atoms with Crippen LogP contribution in [0.2, 0.25) is 0 Å². The van der Waals surface area contributed by atoms with E-state index in [0.29, 0.717) is 35.6 Å². The third-order valence-corrected chi connectivity index (χ3v) is 6.88. The summed E-state index contributed by atoms with van der Waals surface area (Å²) in [6.07, 6.45) is 0.728. The fourth-order valence-corrected chi connectivity index (χ4v) is 4.74. The van der Waals surface area contributed by atoms with Crippen molar-refractivity contribution >= 4 is 51.5 Å². The van der Waals surface area contributed by atoms with Crippen LogP contribution in [0.15, 0.2) is 42.5 Å². The van der Waals surface area contributed by atoms with Crippen LogP contribution in [-0.4, -0.2) is 40.7 Å². The first-order valence-corrected chi connectivity index (χ1v) is 12.4. The van der Waals surface area contributed by atoms with Gasteiger partial charge in [0, 0.05) is 22.7 Å². The van der Waals surface area contributed by atoms with Crippen LogP contribution in [0.4, 0.5) is 5.69 Å². The van der Waals surface area contributed by atoms with Crippen molar-refractivity contribution in [2.24, 2.45) is 0 Å². The zero-order valence-electron chi connectivity index (χ0n) is 19.4. The summed E-state index contributed by atoms with van der Waals surface area (Å²) in [5.41, 5.74) is 1.74. The molecule has 1 amide bonds. The van der Waals surface area contributed by atoms with Crippen LogP contribution >= 0.6 is 34.8 Å². The summed E-state index contributed by atoms with van der Waals surface area (Å²) >= 11 is 7.80. The second-order valence-electron chi connectivity index (χ2n) is 8.79. The predicted octanol–water partition coefficient (Wildman–Crippen LogP) is 4.84. The summed E-state index contributed by atoms with van der Waals surface area (Å²) in [7, 11) is 0. The van der Waals surface area contributed by atoms with Crippen molar-refractivity contribution in [1.82, 2.24) is 10.2 Å². The van der Waals surface area contributed by atoms with Crippen LogP contribution in [0.1, 0.15) is 45.2 Å². The minimum atomic E-state index is -0.749. The third kappa shape index (κ3) is 5.83. The van der Waals surface area contributed by atoms with Gasteiger partial charge in [0.1, 0.15) is 17.4 Å². The van der Waals surface area contributed by atoms with Gasteiger partial charge >= 0.3 is 0 Å². The lowest BCUT2D eigenvalue weighted by atomic mass is 10.0. The van der Waals surface area contributed by atoms with Crippen LogP contribution in [0.25, 0.3) is 0 Å². The van der Waals surface area contributed by atoms with E-state index in [4.69, 9.17) is 17.0 Å². The van der Waals surface area contributed by atoms with E-state index in [1.807, 2.05) is 36.9 Å². The molecule has 1 N–H and O–H groups in total. The number of anilines is 1. The van der Waals surface area contributed by atoms with Gasteiger partial charge in [-0.1, -0.05) is 26.0 Å². The SMILES string of the molecule is CC(C)NCc1ccc(OCCCN2C(=S)N(c3ccc(C#N)c(I)c3)C(=O)C2(C)C)cc1. The molecule has 33 heavy (non-hydrogen) atoms. The fraction of sp³-hybridized carbons (Fsp3) is 0.400. The van der Waals surface area contributed by atoms with Crippen LogP contribution in [0.3, 0.4) is 0 Å². The number of halogens is 1. The summed E-state index contributed by atoms with van der Waals surface area (Å²) in [5.74, 6) is 0.760. The standard InChI is InChI=1S/C25H29IN4O2S/c1-17(2)28-16-18-6-10-21(11-7-18)32-13-5-12-29-24(33)30(23(31)25(29,3)4)20-9-8-19(15-27)22(26)14-20/h6-11,14,17,28H,5,12-13,16H2,1-4H3. The molecule has 1 aliphatic heterocycles. The second kappa shape index (κ2) is 10.8. The van der Waals surface area contributed by atoms with Crippen molar-refractivity contribution in [2.45, 2.75) is 52.2 Å². The first-order chi connectivity index (χ1) is 15.6. The molecular formula is C25H29IN4O2S. The highest BCUT2D eigenvalue weighted by atomic mass is 127. The minimum Gasteiger partial charge on any atom is -0.494 e. The number of hydrogen-bond acceptors (Lipinski definition) is 5. The summed E-state index contributed by atoms with van der Waals surface area (Å²) in [6.45, 7) is 10.0. The molecule has 0 atom stereocenters. The van der Waals surface area contributed by atoms with Crippen LogP contribution in [-0.2, 0) is 11.3 Å². The first-order valence-electron chi connectivity index (χ1n) is 11.0. The molecule has 0 saturated carbocycles. The normalized spacial score (nSPS) is 15.3. The van der Waals surface area contributed by atoms with Gasteiger partial charge in [0.05, 0.1) is 17.9 Å². The summed E-state index contributed by atoms with van der Waals surface area (Å²) in [4.78, 5) is 16.7. The van der Waals surface area contributed by atoms with Crippen molar-refractivity contribution < 1.29 is 9.53 Å². The monoisotopic (exact) mass is 576 g/mol. The van der Waals surface area contributed by atoms with E-state index in [0.717, 1.165) is 22.3 Å². The largest absolute Gasteiger partial charge is 0.494 e. The van der Waals surface area contributed by atoms with Crippen molar-refractivity contribution in [2.75, 3.05) is 18.1 Å². The van der Waals surface area contributed by atoms with Crippen molar-refractivity contribution in [1.29, 1.82) is 5.26 Å². The molecule has 1 saturated heterocycles. The fourth-order valence-electron chi connectivity index (χ4n) is 3.61. The summed E-state index contributed by atoms with van der Waals surface area (Å²) in [5, 5.41) is 13.1. The quantitative estimate of drug-likeness (QED) is 0.262. The number of hydrogen-bond donors (Lipinski definition) is 1. The van der Waals surface area contributed by atoms with E-state index in [2.05, 4.69) is 60.0 Å². The van der Waals surface area contributed by atoms with E-state index in [9.17, 15) is 10.1 Å². The van der Waals surface area contributed by atoms with Crippen LogP contribution in [0, 0.1) is 14.9 Å². The number of nitrogens with zero attached hydrogens (tertiary/aromatic N) is 3. The average molecular weight is 577 g/mol. The molecular weight excluding hydrogens is 547 g/mol. The Kier molecular flexibility index (Phi) is 8.32. The number of ether oxygens (including phenoxy) is 1. The zero-order chi connectivity index (χ0) is 24.2. The zero-order valence-corrected chi connectivity index (χ0v) is 22.4. The third-order valence-electron chi connectivity index (χ3n) is 5.59. The molecule has 1 heterocycles. The Morgan fingerprint density at radius 1 is 1.21 bits per heavy atom. The molecule has 2 aromatic rings. The number of nitrogens with one attached hydrogen (secondary N) is 1. The highest BCUT2D eigenvalue weighted by Crippen LogP contribution is 2.33. The van der Waals surface area contributed by atoms with Gasteiger partial charge in [0.2, 0.25) is 0 Å². The lowest BCUT2D eigenvalue weighted by molar-refractivity contribution is -0.123. The van der Waals surface area contributed by atoms with E-state index in [-0.39, 0.29) is 5.91 Å². The number of benzene rings is 2. The number of nitriles is 1. The molecule has 0 spiro atoms. The average Bonchev–Trinajstić information content (AvgIpc) is 2.94. The van der Waals surface area contributed by atoms with Gasteiger partial charge in [-0.05, 0) is 91.0 Å².